The van der Waals surface area contributed by atoms with Crippen molar-refractivity contribution < 1.29 is 9.90 Å². The van der Waals surface area contributed by atoms with Gasteiger partial charge in [-0.1, -0.05) is 19.8 Å². The third kappa shape index (κ3) is 6.92. The van der Waals surface area contributed by atoms with Crippen molar-refractivity contribution in [1.82, 2.24) is 0 Å². The SMILES string of the molecule is CCCC#CC(C)CC(=O)O. The summed E-state index contributed by atoms with van der Waals surface area (Å²) in [6, 6.07) is 0. The molecule has 0 amide bonds. The molecule has 0 aliphatic heterocycles. The maximum Gasteiger partial charge on any atom is 0.304 e. The Bertz CT molecular complexity index is 174. The Hall–Kier alpha value is -0.970. The lowest BCUT2D eigenvalue weighted by molar-refractivity contribution is -0.137. The van der Waals surface area contributed by atoms with Crippen LogP contribution in [0.25, 0.3) is 0 Å². The van der Waals surface area contributed by atoms with E-state index in [0.717, 1.165) is 12.8 Å². The van der Waals surface area contributed by atoms with Crippen molar-refractivity contribution in [2.75, 3.05) is 0 Å². The van der Waals surface area contributed by atoms with Crippen molar-refractivity contribution in [2.45, 2.75) is 33.1 Å². The number of carbonyl (C=O) groups is 1. The molecule has 62 valence electrons. The highest BCUT2D eigenvalue weighted by molar-refractivity contribution is 5.67. The van der Waals surface area contributed by atoms with Crippen LogP contribution in [0.3, 0.4) is 0 Å². The van der Waals surface area contributed by atoms with Crippen molar-refractivity contribution in [3.05, 3.63) is 0 Å². The van der Waals surface area contributed by atoms with Gasteiger partial charge in [-0.2, -0.15) is 0 Å². The minimum atomic E-state index is -0.775. The summed E-state index contributed by atoms with van der Waals surface area (Å²) in [4.78, 5) is 10.2. The molecule has 11 heavy (non-hydrogen) atoms. The van der Waals surface area contributed by atoms with Crippen LogP contribution in [0.2, 0.25) is 0 Å². The van der Waals surface area contributed by atoms with E-state index in [1.807, 2.05) is 6.92 Å². The number of hydrogen-bond donors (Lipinski definition) is 1. The van der Waals surface area contributed by atoms with Gasteiger partial charge in [-0.3, -0.25) is 4.79 Å². The summed E-state index contributed by atoms with van der Waals surface area (Å²) < 4.78 is 0. The largest absolute Gasteiger partial charge is 0.481 e. The molecule has 0 radical (unpaired) electrons. The maximum absolute atomic E-state index is 10.2. The number of unbranched alkanes of at least 4 members (excludes halogenated alkanes) is 1. The monoisotopic (exact) mass is 154 g/mol. The fraction of sp³-hybridized carbons (Fsp3) is 0.667. The Morgan fingerprint density at radius 1 is 1.64 bits per heavy atom. The molecule has 1 unspecified atom stereocenters. The lowest BCUT2D eigenvalue weighted by atomic mass is 10.1. The van der Waals surface area contributed by atoms with Gasteiger partial charge in [0.1, 0.15) is 0 Å². The van der Waals surface area contributed by atoms with Crippen molar-refractivity contribution >= 4 is 5.97 Å². The first-order chi connectivity index (χ1) is 5.16. The van der Waals surface area contributed by atoms with E-state index in [-0.39, 0.29) is 12.3 Å². The predicted octanol–water partition coefficient (Wildman–Crippen LogP) is 1.90. The number of aliphatic carboxylic acids is 1. The summed E-state index contributed by atoms with van der Waals surface area (Å²) in [7, 11) is 0. The summed E-state index contributed by atoms with van der Waals surface area (Å²) in [6.45, 7) is 3.88. The zero-order chi connectivity index (χ0) is 8.69. The molecular formula is C9H14O2. The van der Waals surface area contributed by atoms with Gasteiger partial charge in [0.25, 0.3) is 0 Å². The molecule has 1 atom stereocenters. The van der Waals surface area contributed by atoms with Crippen LogP contribution >= 0.6 is 0 Å². The molecule has 0 spiro atoms. The zero-order valence-corrected chi connectivity index (χ0v) is 7.05. The highest BCUT2D eigenvalue weighted by atomic mass is 16.4. The number of carboxylic acids is 1. The van der Waals surface area contributed by atoms with E-state index in [9.17, 15) is 4.79 Å². The van der Waals surface area contributed by atoms with Crippen LogP contribution in [0.1, 0.15) is 33.1 Å². The van der Waals surface area contributed by atoms with Crippen LogP contribution < -0.4 is 0 Å². The molecule has 0 saturated carbocycles. The number of carboxylic acid groups (broad SMARTS) is 1. The molecule has 0 heterocycles. The molecule has 0 aliphatic carbocycles. The molecule has 0 aromatic rings. The Morgan fingerprint density at radius 3 is 2.73 bits per heavy atom. The van der Waals surface area contributed by atoms with Gasteiger partial charge in [-0.05, 0) is 6.42 Å². The summed E-state index contributed by atoms with van der Waals surface area (Å²) in [6.07, 6.45) is 2.05. The second kappa shape index (κ2) is 5.79. The summed E-state index contributed by atoms with van der Waals surface area (Å²) in [5.74, 6) is 5.02. The van der Waals surface area contributed by atoms with Crippen molar-refractivity contribution in [1.29, 1.82) is 0 Å². The van der Waals surface area contributed by atoms with E-state index >= 15 is 0 Å². The average molecular weight is 154 g/mol. The Morgan fingerprint density at radius 2 is 2.27 bits per heavy atom. The lowest BCUT2D eigenvalue weighted by Crippen LogP contribution is -2.01. The van der Waals surface area contributed by atoms with E-state index < -0.39 is 5.97 Å². The van der Waals surface area contributed by atoms with Gasteiger partial charge >= 0.3 is 5.97 Å². The van der Waals surface area contributed by atoms with Crippen LogP contribution in [0.5, 0.6) is 0 Å². The molecule has 0 aromatic heterocycles. The normalized spacial score (nSPS) is 11.5. The van der Waals surface area contributed by atoms with Crippen LogP contribution in [0.15, 0.2) is 0 Å². The quantitative estimate of drug-likeness (QED) is 0.630. The summed E-state index contributed by atoms with van der Waals surface area (Å²) >= 11 is 0. The molecule has 0 saturated heterocycles. The molecule has 0 fully saturated rings. The molecule has 2 heteroatoms. The van der Waals surface area contributed by atoms with Crippen LogP contribution in [0.4, 0.5) is 0 Å². The number of rotatable bonds is 3. The third-order valence-corrected chi connectivity index (χ3v) is 1.20. The fourth-order valence-corrected chi connectivity index (χ4v) is 0.684. The molecule has 0 aliphatic rings. The van der Waals surface area contributed by atoms with E-state index in [1.54, 1.807) is 0 Å². The molecule has 0 rings (SSSR count). The van der Waals surface area contributed by atoms with Gasteiger partial charge in [0.2, 0.25) is 0 Å². The second-order valence-electron chi connectivity index (χ2n) is 2.57. The standard InChI is InChI=1S/C9H14O2/c1-3-4-5-6-8(2)7-9(10)11/h8H,3-4,7H2,1-2H3,(H,10,11). The minimum absolute atomic E-state index is 0.0148. The second-order valence-corrected chi connectivity index (χ2v) is 2.57. The number of hydrogen-bond acceptors (Lipinski definition) is 1. The van der Waals surface area contributed by atoms with Crippen molar-refractivity contribution in [2.24, 2.45) is 5.92 Å². The summed E-state index contributed by atoms with van der Waals surface area (Å²) in [5.41, 5.74) is 0. The highest BCUT2D eigenvalue weighted by Gasteiger charge is 2.02. The lowest BCUT2D eigenvalue weighted by Gasteiger charge is -1.95. The van der Waals surface area contributed by atoms with Gasteiger partial charge in [0, 0.05) is 12.3 Å². The third-order valence-electron chi connectivity index (χ3n) is 1.20. The van der Waals surface area contributed by atoms with Crippen LogP contribution in [0, 0.1) is 17.8 Å². The predicted molar refractivity (Wildman–Crippen MR) is 44.1 cm³/mol. The topological polar surface area (TPSA) is 37.3 Å². The van der Waals surface area contributed by atoms with Crippen LogP contribution in [-0.2, 0) is 4.79 Å². The van der Waals surface area contributed by atoms with E-state index in [0.29, 0.717) is 0 Å². The smallest absolute Gasteiger partial charge is 0.304 e. The Balaban J connectivity index is 3.61. The molecule has 0 bridgehead atoms. The fourth-order valence-electron chi connectivity index (χ4n) is 0.684. The van der Waals surface area contributed by atoms with E-state index in [1.165, 1.54) is 0 Å². The first kappa shape index (κ1) is 10.0. The molecule has 2 nitrogen and oxygen atoms in total. The van der Waals surface area contributed by atoms with Gasteiger partial charge < -0.3 is 5.11 Å². The first-order valence-electron chi connectivity index (χ1n) is 3.87. The molecule has 0 aromatic carbocycles. The Labute approximate surface area is 67.6 Å². The maximum atomic E-state index is 10.2. The van der Waals surface area contributed by atoms with Gasteiger partial charge in [-0.25, -0.2) is 0 Å². The van der Waals surface area contributed by atoms with Crippen LogP contribution in [-0.4, -0.2) is 11.1 Å². The minimum Gasteiger partial charge on any atom is -0.481 e. The van der Waals surface area contributed by atoms with E-state index in [2.05, 4.69) is 18.8 Å². The van der Waals surface area contributed by atoms with Gasteiger partial charge in [0.15, 0.2) is 0 Å². The Kier molecular flexibility index (Phi) is 5.28. The van der Waals surface area contributed by atoms with Gasteiger partial charge in [0.05, 0.1) is 6.42 Å². The van der Waals surface area contributed by atoms with Gasteiger partial charge in [-0.15, -0.1) is 5.92 Å². The zero-order valence-electron chi connectivity index (χ0n) is 7.05. The van der Waals surface area contributed by atoms with Crippen molar-refractivity contribution in [3.63, 3.8) is 0 Å². The van der Waals surface area contributed by atoms with Crippen molar-refractivity contribution in [3.8, 4) is 11.8 Å². The molecular weight excluding hydrogens is 140 g/mol. The van der Waals surface area contributed by atoms with E-state index in [4.69, 9.17) is 5.11 Å². The molecule has 1 N–H and O–H groups in total. The average Bonchev–Trinajstić information content (AvgIpc) is 1.86. The summed E-state index contributed by atoms with van der Waals surface area (Å²) in [5, 5.41) is 8.37. The first-order valence-corrected chi connectivity index (χ1v) is 3.87. The highest BCUT2D eigenvalue weighted by Crippen LogP contribution is 1.98.